The van der Waals surface area contributed by atoms with E-state index in [1.54, 1.807) is 23.2 Å². The number of carbonyl (C=O) groups is 4. The summed E-state index contributed by atoms with van der Waals surface area (Å²) in [5.74, 6) is -5.78. The fraction of sp³-hybridized carbons (Fsp3) is 0.585. The lowest BCUT2D eigenvalue weighted by Gasteiger charge is -2.41. The first kappa shape index (κ1) is 61.9. The van der Waals surface area contributed by atoms with E-state index in [0.717, 1.165) is 16.9 Å². The first-order valence-corrected chi connectivity index (χ1v) is 22.7. The number of halogens is 7. The molecule has 0 aliphatic carbocycles. The van der Waals surface area contributed by atoms with E-state index in [9.17, 15) is 87.0 Å². The molecule has 1 aliphatic heterocycles. The number of hydrogen-bond donors (Lipinski definition) is 14. The van der Waals surface area contributed by atoms with Crippen molar-refractivity contribution >= 4 is 67.7 Å². The number of H-pyrrole nitrogens is 1. The zero-order valence-corrected chi connectivity index (χ0v) is 40.2. The molecule has 1 aliphatic rings. The average molecular weight is 1120 g/mol. The molecule has 0 radical (unpaired) electrons. The van der Waals surface area contributed by atoms with Crippen LogP contribution in [0.4, 0.5) is 32.2 Å². The maximum absolute atomic E-state index is 14.0. The number of amides is 2. The van der Waals surface area contributed by atoms with Crippen LogP contribution in [0.2, 0.25) is 0 Å². The normalized spacial score (nSPS) is 16.8. The van der Waals surface area contributed by atoms with E-state index in [1.165, 1.54) is 4.90 Å². The Balaban J connectivity index is 0.000000878. The number of benzene rings is 1. The van der Waals surface area contributed by atoms with Crippen LogP contribution in [0.25, 0.3) is 22.2 Å². The Hall–Kier alpha value is -5.39. The first-order chi connectivity index (χ1) is 33.9. The van der Waals surface area contributed by atoms with Crippen LogP contribution in [-0.2, 0) is 29.2 Å². The number of hydrogen-bond acceptors (Lipinski definition) is 19. The van der Waals surface area contributed by atoms with Crippen molar-refractivity contribution in [3.8, 4) is 0 Å². The van der Waals surface area contributed by atoms with Crippen molar-refractivity contribution in [3.63, 3.8) is 0 Å². The summed E-state index contributed by atoms with van der Waals surface area (Å²) in [6, 6.07) is 4.91. The second-order valence-corrected chi connectivity index (χ2v) is 17.1. The third kappa shape index (κ3) is 16.1. The molecule has 73 heavy (non-hydrogen) atoms. The number of carboxylic acids is 2. The fourth-order valence-electron chi connectivity index (χ4n) is 7.56. The second-order valence-electron chi connectivity index (χ2n) is 16.2. The van der Waals surface area contributed by atoms with E-state index >= 15 is 0 Å². The SMILES string of the molecule is CCn1c(CNC(=O)c2nc3c(Br)c[nH]c3nc2N)[n+](CC)c2ccc(C(=O)N3CCC(N(CC(O)C(O)C(O)C(O)CO)CC(O)C(O)C(O)C(O)CO)CC3)cc21.O=C(O)C(F)(F)F.O=C([O-])C(F)(F)F. The van der Waals surface area contributed by atoms with Crippen molar-refractivity contribution in [1.82, 2.24) is 34.6 Å². The highest BCUT2D eigenvalue weighted by atomic mass is 79.9. The Labute approximate surface area is 417 Å². The average Bonchev–Trinajstić information content (AvgIpc) is 3.87. The molecule has 8 unspecified atom stereocenters. The predicted octanol–water partition coefficient (Wildman–Crippen LogP) is -3.78. The van der Waals surface area contributed by atoms with Gasteiger partial charge in [-0.2, -0.15) is 26.3 Å². The number of aliphatic carboxylic acids is 2. The standard InChI is InChI=1S/C37H54BrN9O12.2C2HF3O2/c1-3-46-21-6-5-18(11-22(21)47(4-2)27(46)13-41-36(58)29-34(39)43-35-28(42-29)20(38)12-40-35)37(59)44-9-7-19(8-10-44)45(14-23(50)30(54)32(56)25(52)16-48)15-24(51)31(55)33(57)26(53)17-49;2*3-2(4,5)1(6)7/h5-6,11-12,19,23-26,30-33,48-57H,3-4,7-10,13-17H2,1-2H3,(H3-,39,40,41,42,43,58);2*(H,6,7). The number of aromatic amines is 1. The van der Waals surface area contributed by atoms with Gasteiger partial charge in [-0.3, -0.25) is 14.5 Å². The number of piperidine rings is 1. The third-order valence-corrected chi connectivity index (χ3v) is 12.0. The number of nitrogens with zero attached hydrogens (tertiary/aromatic N) is 6. The fourth-order valence-corrected chi connectivity index (χ4v) is 7.95. The number of nitrogens with two attached hydrogens (primary N) is 1. The lowest BCUT2D eigenvalue weighted by Crippen LogP contribution is -2.56. The highest BCUT2D eigenvalue weighted by molar-refractivity contribution is 9.10. The maximum atomic E-state index is 14.0. The Bertz CT molecular complexity index is 2440. The van der Waals surface area contributed by atoms with E-state index in [4.69, 9.17) is 25.5 Å². The number of fused-ring (bicyclic) bond motifs is 2. The number of nitrogens with one attached hydrogen (secondary N) is 2. The molecule has 32 heteroatoms. The lowest BCUT2D eigenvalue weighted by atomic mass is 9.97. The van der Waals surface area contributed by atoms with E-state index in [1.807, 2.05) is 29.0 Å². The summed E-state index contributed by atoms with van der Waals surface area (Å²) in [6.45, 7) is 3.01. The van der Waals surface area contributed by atoms with Gasteiger partial charge in [0, 0.05) is 50.0 Å². The second kappa shape index (κ2) is 26.7. The van der Waals surface area contributed by atoms with Gasteiger partial charge in [0.2, 0.25) is 0 Å². The first-order valence-electron chi connectivity index (χ1n) is 21.9. The molecular formula is C41H56BrF6N9O16. The van der Waals surface area contributed by atoms with Crippen molar-refractivity contribution in [2.45, 2.75) is 114 Å². The molecule has 8 atom stereocenters. The topological polar surface area (TPSA) is 409 Å². The molecule has 4 aromatic rings. The van der Waals surface area contributed by atoms with Gasteiger partial charge in [-0.1, -0.05) is 0 Å². The largest absolute Gasteiger partial charge is 0.542 e. The monoisotopic (exact) mass is 1120 g/mol. The van der Waals surface area contributed by atoms with Gasteiger partial charge in [0.15, 0.2) is 28.2 Å². The number of imidazole rings is 1. The molecule has 0 bridgehead atoms. The Kier molecular flexibility index (Phi) is 22.7. The number of aliphatic hydroxyl groups is 10. The van der Waals surface area contributed by atoms with Gasteiger partial charge in [0.05, 0.1) is 43.0 Å². The van der Waals surface area contributed by atoms with Crippen LogP contribution in [0.1, 0.15) is 53.4 Å². The molecule has 0 saturated carbocycles. The summed E-state index contributed by atoms with van der Waals surface area (Å²) >= 11 is 3.39. The maximum Gasteiger partial charge on any atom is 0.490 e. The number of aromatic nitrogens is 5. The van der Waals surface area contributed by atoms with Gasteiger partial charge >= 0.3 is 18.3 Å². The van der Waals surface area contributed by atoms with E-state index in [2.05, 4.69) is 36.2 Å². The van der Waals surface area contributed by atoms with Crippen LogP contribution in [0.15, 0.2) is 28.9 Å². The van der Waals surface area contributed by atoms with Gasteiger partial charge in [0.25, 0.3) is 17.6 Å². The summed E-state index contributed by atoms with van der Waals surface area (Å²) in [5.41, 5.74) is 8.98. The zero-order chi connectivity index (χ0) is 55.4. The van der Waals surface area contributed by atoms with Crippen molar-refractivity contribution < 1.29 is 111 Å². The summed E-state index contributed by atoms with van der Waals surface area (Å²) in [5, 5.41) is 120. The van der Waals surface area contributed by atoms with Gasteiger partial charge in [-0.25, -0.2) is 23.9 Å². The van der Waals surface area contributed by atoms with Crippen molar-refractivity contribution in [2.24, 2.45) is 0 Å². The smallest absolute Gasteiger partial charge is 0.490 e. The predicted molar refractivity (Wildman–Crippen MR) is 238 cm³/mol. The number of rotatable bonds is 19. The van der Waals surface area contributed by atoms with E-state index in [-0.39, 0.29) is 37.1 Å². The number of likely N-dealkylation sites (tertiary alicyclic amines) is 1. The Morgan fingerprint density at radius 1 is 0.877 bits per heavy atom. The summed E-state index contributed by atoms with van der Waals surface area (Å²) in [4.78, 5) is 59.7. The third-order valence-electron chi connectivity index (χ3n) is 11.4. The number of aryl methyl sites for hydroxylation is 2. The number of alkyl halides is 6. The molecule has 0 spiro atoms. The van der Waals surface area contributed by atoms with Gasteiger partial charge in [-0.05, 0) is 54.8 Å². The molecular weight excluding hydrogens is 1070 g/mol. The highest BCUT2D eigenvalue weighted by Gasteiger charge is 2.39. The Morgan fingerprint density at radius 2 is 1.37 bits per heavy atom. The van der Waals surface area contributed by atoms with Crippen LogP contribution in [0, 0.1) is 0 Å². The molecule has 1 saturated heterocycles. The zero-order valence-electron chi connectivity index (χ0n) is 38.7. The number of carboxylic acid groups (broad SMARTS) is 2. The van der Waals surface area contributed by atoms with E-state index in [0.29, 0.717) is 47.1 Å². The molecule has 25 nitrogen and oxygen atoms in total. The summed E-state index contributed by atoms with van der Waals surface area (Å²) < 4.78 is 68.0. The van der Waals surface area contributed by atoms with E-state index < -0.39 is 111 Å². The Morgan fingerprint density at radius 3 is 1.81 bits per heavy atom. The molecule has 15 N–H and O–H groups in total. The van der Waals surface area contributed by atoms with Gasteiger partial charge in [-0.15, -0.1) is 0 Å². The molecule has 4 heterocycles. The summed E-state index contributed by atoms with van der Waals surface area (Å²) in [7, 11) is 0. The van der Waals surface area contributed by atoms with Crippen LogP contribution >= 0.6 is 15.9 Å². The van der Waals surface area contributed by atoms with Crippen LogP contribution in [0.5, 0.6) is 0 Å². The summed E-state index contributed by atoms with van der Waals surface area (Å²) in [6.07, 6.45) is -22.6. The molecule has 1 fully saturated rings. The number of carbonyl (C=O) groups excluding carboxylic acids is 3. The molecule has 3 aromatic heterocycles. The van der Waals surface area contributed by atoms with Crippen LogP contribution in [-0.4, -0.2) is 216 Å². The van der Waals surface area contributed by atoms with Gasteiger partial charge < -0.3 is 87.0 Å². The minimum absolute atomic E-state index is 0.0179. The molecule has 2 amide bonds. The lowest BCUT2D eigenvalue weighted by molar-refractivity contribution is -0.676. The molecule has 410 valence electrons. The number of anilines is 1. The minimum Gasteiger partial charge on any atom is -0.542 e. The molecule has 1 aromatic carbocycles. The van der Waals surface area contributed by atoms with Gasteiger partial charge in [0.1, 0.15) is 54.7 Å². The quantitative estimate of drug-likeness (QED) is 0.0316. The van der Waals surface area contributed by atoms with Crippen molar-refractivity contribution in [1.29, 1.82) is 0 Å². The molecule has 5 rings (SSSR count). The minimum atomic E-state index is -5.19. The van der Waals surface area contributed by atoms with Crippen LogP contribution in [0.3, 0.4) is 0 Å². The van der Waals surface area contributed by atoms with Crippen molar-refractivity contribution in [3.05, 3.63) is 46.0 Å². The highest BCUT2D eigenvalue weighted by Crippen LogP contribution is 2.25. The van der Waals surface area contributed by atoms with Crippen LogP contribution < -0.4 is 20.7 Å². The van der Waals surface area contributed by atoms with Crippen molar-refractivity contribution in [2.75, 3.05) is 45.1 Å². The number of nitrogen functional groups attached to an aromatic ring is 1. The number of aliphatic hydroxyl groups excluding tert-OH is 10.